The molecule has 2 aromatic heterocycles. The molecule has 2 fully saturated rings. The first-order chi connectivity index (χ1) is 10.3. The van der Waals surface area contributed by atoms with Crippen LogP contribution < -0.4 is 9.80 Å². The van der Waals surface area contributed by atoms with Crippen LogP contribution in [0.1, 0.15) is 6.42 Å². The summed E-state index contributed by atoms with van der Waals surface area (Å²) in [5.41, 5.74) is 0. The van der Waals surface area contributed by atoms with Crippen LogP contribution in [0.3, 0.4) is 0 Å². The Kier molecular flexibility index (Phi) is 2.98. The minimum absolute atomic E-state index is 0.281. The van der Waals surface area contributed by atoms with Gasteiger partial charge in [-0.1, -0.05) is 6.07 Å². The maximum Gasteiger partial charge on any atom is 0.141 e. The maximum absolute atomic E-state index is 13.0. The highest BCUT2D eigenvalue weighted by molar-refractivity contribution is 5.47. The fourth-order valence-corrected chi connectivity index (χ4v) is 3.51. The lowest BCUT2D eigenvalue weighted by Crippen LogP contribution is -2.35. The van der Waals surface area contributed by atoms with Gasteiger partial charge in [-0.25, -0.2) is 14.4 Å². The molecule has 2 atom stereocenters. The molecule has 4 rings (SSSR count). The van der Waals surface area contributed by atoms with Crippen molar-refractivity contribution < 1.29 is 4.39 Å². The molecule has 2 aliphatic rings. The minimum Gasteiger partial charge on any atom is -0.354 e. The molecule has 0 bridgehead atoms. The zero-order chi connectivity index (χ0) is 14.2. The highest BCUT2D eigenvalue weighted by Crippen LogP contribution is 2.35. The van der Waals surface area contributed by atoms with Crippen molar-refractivity contribution in [1.29, 1.82) is 0 Å². The van der Waals surface area contributed by atoms with Crippen LogP contribution in [0.25, 0.3) is 0 Å². The Hall–Kier alpha value is -2.17. The zero-order valence-electron chi connectivity index (χ0n) is 11.7. The van der Waals surface area contributed by atoms with Gasteiger partial charge in [0, 0.05) is 31.7 Å². The lowest BCUT2D eigenvalue weighted by molar-refractivity contribution is 0.578. The Morgan fingerprint density at radius 3 is 2.76 bits per heavy atom. The van der Waals surface area contributed by atoms with Gasteiger partial charge in [0.2, 0.25) is 0 Å². The van der Waals surface area contributed by atoms with Gasteiger partial charge in [0.25, 0.3) is 0 Å². The highest BCUT2D eigenvalue weighted by Gasteiger charge is 2.42. The van der Waals surface area contributed by atoms with Crippen molar-refractivity contribution in [2.45, 2.75) is 12.5 Å². The Morgan fingerprint density at radius 1 is 1.05 bits per heavy atom. The first-order valence-corrected chi connectivity index (χ1v) is 7.35. The standard InChI is InChI=1S/C16H17FN4/c17-13-4-5-16(19-9-13)21-8-6-12-10-20(11-14(12)21)15-3-1-2-7-18-15/h1-5,7,9,12,14H,6,8,10-11H2. The molecule has 108 valence electrons. The summed E-state index contributed by atoms with van der Waals surface area (Å²) in [5, 5.41) is 0. The molecule has 0 aromatic carbocycles. The molecule has 4 nitrogen and oxygen atoms in total. The summed E-state index contributed by atoms with van der Waals surface area (Å²) < 4.78 is 13.0. The molecule has 5 heteroatoms. The number of halogens is 1. The molecule has 2 unspecified atom stereocenters. The number of anilines is 2. The number of aromatic nitrogens is 2. The zero-order valence-corrected chi connectivity index (χ0v) is 11.7. The van der Waals surface area contributed by atoms with E-state index in [1.165, 1.54) is 12.3 Å². The molecule has 0 radical (unpaired) electrons. The SMILES string of the molecule is Fc1ccc(N2CCC3CN(c4ccccn4)CC32)nc1. The number of rotatable bonds is 2. The van der Waals surface area contributed by atoms with Crippen LogP contribution in [-0.2, 0) is 0 Å². The van der Waals surface area contributed by atoms with Gasteiger partial charge < -0.3 is 9.80 Å². The van der Waals surface area contributed by atoms with E-state index in [2.05, 4.69) is 25.8 Å². The topological polar surface area (TPSA) is 32.3 Å². The molecular formula is C16H17FN4. The average Bonchev–Trinajstić information content (AvgIpc) is 3.09. The van der Waals surface area contributed by atoms with E-state index in [1.807, 2.05) is 18.3 Å². The van der Waals surface area contributed by atoms with E-state index in [9.17, 15) is 4.39 Å². The molecule has 0 spiro atoms. The molecule has 4 heterocycles. The summed E-state index contributed by atoms with van der Waals surface area (Å²) in [7, 11) is 0. The largest absolute Gasteiger partial charge is 0.354 e. The third-order valence-corrected chi connectivity index (χ3v) is 4.53. The van der Waals surface area contributed by atoms with Gasteiger partial charge in [-0.3, -0.25) is 0 Å². The van der Waals surface area contributed by atoms with Crippen molar-refractivity contribution in [2.75, 3.05) is 29.4 Å². The predicted molar refractivity (Wildman–Crippen MR) is 79.9 cm³/mol. The second-order valence-electron chi connectivity index (χ2n) is 5.74. The molecule has 0 N–H and O–H groups in total. The van der Waals surface area contributed by atoms with E-state index in [0.717, 1.165) is 37.7 Å². The number of hydrogen-bond acceptors (Lipinski definition) is 4. The lowest BCUT2D eigenvalue weighted by Gasteiger charge is -2.26. The maximum atomic E-state index is 13.0. The summed E-state index contributed by atoms with van der Waals surface area (Å²) in [6.07, 6.45) is 4.30. The second-order valence-corrected chi connectivity index (χ2v) is 5.74. The van der Waals surface area contributed by atoms with Crippen LogP contribution in [0.15, 0.2) is 42.7 Å². The second kappa shape index (κ2) is 4.98. The van der Waals surface area contributed by atoms with Crippen molar-refractivity contribution in [3.63, 3.8) is 0 Å². The number of nitrogens with zero attached hydrogens (tertiary/aromatic N) is 4. The van der Waals surface area contributed by atoms with Crippen LogP contribution in [0.5, 0.6) is 0 Å². The summed E-state index contributed by atoms with van der Waals surface area (Å²) in [6, 6.07) is 9.74. The van der Waals surface area contributed by atoms with E-state index in [4.69, 9.17) is 0 Å². The van der Waals surface area contributed by atoms with Crippen molar-refractivity contribution >= 4 is 11.6 Å². The summed E-state index contributed by atoms with van der Waals surface area (Å²) in [4.78, 5) is 13.3. The normalized spacial score (nSPS) is 24.4. The molecule has 2 aromatic rings. The third-order valence-electron chi connectivity index (χ3n) is 4.53. The Bertz CT molecular complexity index is 616. The lowest BCUT2D eigenvalue weighted by atomic mass is 10.1. The van der Waals surface area contributed by atoms with Gasteiger partial charge in [-0.05, 0) is 30.7 Å². The van der Waals surface area contributed by atoms with Gasteiger partial charge in [-0.2, -0.15) is 0 Å². The van der Waals surface area contributed by atoms with Crippen molar-refractivity contribution in [3.8, 4) is 0 Å². The van der Waals surface area contributed by atoms with Crippen LogP contribution >= 0.6 is 0 Å². The van der Waals surface area contributed by atoms with Gasteiger partial charge >= 0.3 is 0 Å². The van der Waals surface area contributed by atoms with E-state index in [0.29, 0.717) is 12.0 Å². The molecule has 2 aliphatic heterocycles. The van der Waals surface area contributed by atoms with Crippen LogP contribution in [0.2, 0.25) is 0 Å². The Morgan fingerprint density at radius 2 is 2.00 bits per heavy atom. The van der Waals surface area contributed by atoms with Gasteiger partial charge in [0.1, 0.15) is 17.5 Å². The summed E-state index contributed by atoms with van der Waals surface area (Å²) in [5.74, 6) is 2.28. The van der Waals surface area contributed by atoms with Gasteiger partial charge in [0.05, 0.1) is 12.2 Å². The number of hydrogen-bond donors (Lipinski definition) is 0. The third kappa shape index (κ3) is 2.22. The van der Waals surface area contributed by atoms with Gasteiger partial charge in [0.15, 0.2) is 0 Å². The van der Waals surface area contributed by atoms with E-state index < -0.39 is 0 Å². The summed E-state index contributed by atoms with van der Waals surface area (Å²) in [6.45, 7) is 3.00. The molecule has 0 amide bonds. The first kappa shape index (κ1) is 12.6. The quantitative estimate of drug-likeness (QED) is 0.847. The first-order valence-electron chi connectivity index (χ1n) is 7.35. The minimum atomic E-state index is -0.281. The van der Waals surface area contributed by atoms with Gasteiger partial charge in [-0.15, -0.1) is 0 Å². The van der Waals surface area contributed by atoms with Crippen molar-refractivity contribution in [3.05, 3.63) is 48.5 Å². The van der Waals surface area contributed by atoms with Crippen LogP contribution in [0.4, 0.5) is 16.0 Å². The fraction of sp³-hybridized carbons (Fsp3) is 0.375. The monoisotopic (exact) mass is 284 g/mol. The Labute approximate surface area is 123 Å². The average molecular weight is 284 g/mol. The highest BCUT2D eigenvalue weighted by atomic mass is 19.1. The van der Waals surface area contributed by atoms with E-state index >= 15 is 0 Å². The molecular weight excluding hydrogens is 267 g/mol. The van der Waals surface area contributed by atoms with E-state index in [1.54, 1.807) is 6.07 Å². The molecule has 0 aliphatic carbocycles. The van der Waals surface area contributed by atoms with Crippen molar-refractivity contribution in [2.24, 2.45) is 5.92 Å². The smallest absolute Gasteiger partial charge is 0.141 e. The van der Waals surface area contributed by atoms with Crippen LogP contribution in [-0.4, -0.2) is 35.6 Å². The predicted octanol–water partition coefficient (Wildman–Crippen LogP) is 2.33. The molecule has 0 saturated carbocycles. The summed E-state index contributed by atoms with van der Waals surface area (Å²) >= 11 is 0. The molecule has 2 saturated heterocycles. The fourth-order valence-electron chi connectivity index (χ4n) is 3.51. The molecule has 21 heavy (non-hydrogen) atoms. The van der Waals surface area contributed by atoms with Crippen molar-refractivity contribution in [1.82, 2.24) is 9.97 Å². The number of pyridine rings is 2. The number of fused-ring (bicyclic) bond motifs is 1. The van der Waals surface area contributed by atoms with Crippen LogP contribution in [0, 0.1) is 11.7 Å². The Balaban J connectivity index is 1.55. The van der Waals surface area contributed by atoms with E-state index in [-0.39, 0.29) is 5.82 Å².